The van der Waals surface area contributed by atoms with Gasteiger partial charge >= 0.3 is 0 Å². The standard InChI is InChI=1S/C14H19N3O2.ClH/c18-13(16-10-5-6-15-8-10)11-7-9-3-1-2-4-12(9)17-14(11)19;/h7,10,15H,1-6,8H2,(H,16,18)(H,17,19);1H. The number of hydrogen-bond acceptors (Lipinski definition) is 3. The van der Waals surface area contributed by atoms with E-state index in [-0.39, 0.29) is 35.5 Å². The molecule has 1 aliphatic carbocycles. The summed E-state index contributed by atoms with van der Waals surface area (Å²) >= 11 is 0. The van der Waals surface area contributed by atoms with Crippen LogP contribution in [0.15, 0.2) is 10.9 Å². The lowest BCUT2D eigenvalue weighted by Gasteiger charge is -2.16. The predicted octanol–water partition coefficient (Wildman–Crippen LogP) is 0.767. The minimum atomic E-state index is -0.260. The van der Waals surface area contributed by atoms with Gasteiger partial charge in [-0.05, 0) is 50.3 Å². The second-order valence-corrected chi connectivity index (χ2v) is 5.39. The Morgan fingerprint density at radius 3 is 2.85 bits per heavy atom. The van der Waals surface area contributed by atoms with E-state index in [0.717, 1.165) is 56.5 Å². The smallest absolute Gasteiger partial charge is 0.261 e. The van der Waals surface area contributed by atoms with E-state index in [2.05, 4.69) is 15.6 Å². The van der Waals surface area contributed by atoms with Gasteiger partial charge in [0.15, 0.2) is 0 Å². The number of nitrogens with one attached hydrogen (secondary N) is 3. The van der Waals surface area contributed by atoms with Gasteiger partial charge in [0.25, 0.3) is 11.5 Å². The Hall–Kier alpha value is -1.33. The number of aromatic nitrogens is 1. The number of carbonyl (C=O) groups is 1. The molecule has 0 bridgehead atoms. The molecule has 1 fully saturated rings. The molecule has 0 saturated carbocycles. The van der Waals surface area contributed by atoms with Crippen LogP contribution in [0.5, 0.6) is 0 Å². The zero-order valence-corrected chi connectivity index (χ0v) is 12.1. The van der Waals surface area contributed by atoms with Crippen molar-refractivity contribution in [2.24, 2.45) is 0 Å². The molecule has 1 unspecified atom stereocenters. The molecule has 3 rings (SSSR count). The van der Waals surface area contributed by atoms with Crippen molar-refractivity contribution < 1.29 is 4.79 Å². The maximum Gasteiger partial charge on any atom is 0.261 e. The SMILES string of the molecule is Cl.O=C(NC1CCNC1)c1cc2c([nH]c1=O)CCCC2. The minimum Gasteiger partial charge on any atom is -0.348 e. The number of pyridine rings is 1. The zero-order valence-electron chi connectivity index (χ0n) is 11.3. The van der Waals surface area contributed by atoms with Crippen LogP contribution in [0.25, 0.3) is 0 Å². The van der Waals surface area contributed by atoms with E-state index in [9.17, 15) is 9.59 Å². The van der Waals surface area contributed by atoms with E-state index in [1.54, 1.807) is 6.07 Å². The first-order valence-electron chi connectivity index (χ1n) is 7.00. The molecular formula is C14H20ClN3O2. The summed E-state index contributed by atoms with van der Waals surface area (Å²) < 4.78 is 0. The third kappa shape index (κ3) is 3.04. The molecule has 20 heavy (non-hydrogen) atoms. The Morgan fingerprint density at radius 2 is 2.10 bits per heavy atom. The van der Waals surface area contributed by atoms with Gasteiger partial charge < -0.3 is 15.6 Å². The molecule has 1 saturated heterocycles. The lowest BCUT2D eigenvalue weighted by Crippen LogP contribution is -2.39. The van der Waals surface area contributed by atoms with E-state index in [0.29, 0.717) is 0 Å². The Balaban J connectivity index is 0.00000147. The van der Waals surface area contributed by atoms with Gasteiger partial charge in [0.05, 0.1) is 0 Å². The van der Waals surface area contributed by atoms with Gasteiger partial charge in [0.1, 0.15) is 5.56 Å². The van der Waals surface area contributed by atoms with Crippen molar-refractivity contribution >= 4 is 18.3 Å². The van der Waals surface area contributed by atoms with Gasteiger partial charge in [-0.25, -0.2) is 0 Å². The fourth-order valence-corrected chi connectivity index (χ4v) is 2.88. The van der Waals surface area contributed by atoms with E-state index >= 15 is 0 Å². The third-order valence-corrected chi connectivity index (χ3v) is 3.98. The highest BCUT2D eigenvalue weighted by Crippen LogP contribution is 2.18. The summed E-state index contributed by atoms with van der Waals surface area (Å²) in [5, 5.41) is 6.11. The first-order chi connectivity index (χ1) is 9.24. The largest absolute Gasteiger partial charge is 0.348 e. The number of hydrogen-bond donors (Lipinski definition) is 3. The second-order valence-electron chi connectivity index (χ2n) is 5.39. The monoisotopic (exact) mass is 297 g/mol. The molecule has 0 radical (unpaired) electrons. The first kappa shape index (κ1) is 15.1. The molecule has 0 aromatic carbocycles. The molecule has 1 aromatic rings. The molecule has 110 valence electrons. The summed E-state index contributed by atoms with van der Waals surface area (Å²) in [7, 11) is 0. The highest BCUT2D eigenvalue weighted by molar-refractivity contribution is 5.94. The van der Waals surface area contributed by atoms with Crippen molar-refractivity contribution in [3.63, 3.8) is 0 Å². The number of aromatic amines is 1. The summed E-state index contributed by atoms with van der Waals surface area (Å²) in [5.41, 5.74) is 2.13. The van der Waals surface area contributed by atoms with Crippen molar-refractivity contribution in [2.45, 2.75) is 38.1 Å². The summed E-state index contributed by atoms with van der Waals surface area (Å²) in [6, 6.07) is 1.92. The maximum absolute atomic E-state index is 12.1. The van der Waals surface area contributed by atoms with Crippen molar-refractivity contribution in [3.8, 4) is 0 Å². The number of amides is 1. The van der Waals surface area contributed by atoms with Gasteiger partial charge in [-0.2, -0.15) is 0 Å². The van der Waals surface area contributed by atoms with Crippen LogP contribution in [-0.2, 0) is 12.8 Å². The van der Waals surface area contributed by atoms with Crippen molar-refractivity contribution in [1.29, 1.82) is 0 Å². The van der Waals surface area contributed by atoms with E-state index in [4.69, 9.17) is 0 Å². The van der Waals surface area contributed by atoms with Crippen LogP contribution in [-0.4, -0.2) is 30.0 Å². The molecule has 2 heterocycles. The van der Waals surface area contributed by atoms with Crippen LogP contribution >= 0.6 is 12.4 Å². The molecule has 3 N–H and O–H groups in total. The van der Waals surface area contributed by atoms with Gasteiger partial charge in [0.2, 0.25) is 0 Å². The summed E-state index contributed by atoms with van der Waals surface area (Å²) in [6.45, 7) is 1.71. The number of carbonyl (C=O) groups excluding carboxylic acids is 1. The van der Waals surface area contributed by atoms with E-state index in [1.165, 1.54) is 0 Å². The lowest BCUT2D eigenvalue weighted by molar-refractivity contribution is 0.0938. The molecule has 1 atom stereocenters. The van der Waals surface area contributed by atoms with Crippen LogP contribution in [0.4, 0.5) is 0 Å². The topological polar surface area (TPSA) is 74.0 Å². The highest BCUT2D eigenvalue weighted by atomic mass is 35.5. The van der Waals surface area contributed by atoms with Crippen LogP contribution in [0.2, 0.25) is 0 Å². The predicted molar refractivity (Wildman–Crippen MR) is 79.7 cm³/mol. The Labute approximate surface area is 123 Å². The maximum atomic E-state index is 12.1. The number of fused-ring (bicyclic) bond motifs is 1. The lowest BCUT2D eigenvalue weighted by atomic mass is 9.95. The van der Waals surface area contributed by atoms with Crippen molar-refractivity contribution in [1.82, 2.24) is 15.6 Å². The van der Waals surface area contributed by atoms with Gasteiger partial charge in [-0.3, -0.25) is 9.59 Å². The summed E-state index contributed by atoms with van der Waals surface area (Å²) in [6.07, 6.45) is 5.04. The average molecular weight is 298 g/mol. The molecule has 1 amide bonds. The van der Waals surface area contributed by atoms with Crippen molar-refractivity contribution in [2.75, 3.05) is 13.1 Å². The number of aryl methyl sites for hydroxylation is 2. The normalized spacial score (nSPS) is 20.9. The minimum absolute atomic E-state index is 0. The quantitative estimate of drug-likeness (QED) is 0.755. The molecule has 5 nitrogen and oxygen atoms in total. The van der Waals surface area contributed by atoms with E-state index < -0.39 is 0 Å². The van der Waals surface area contributed by atoms with Crippen LogP contribution in [0.1, 0.15) is 40.9 Å². The van der Waals surface area contributed by atoms with Crippen LogP contribution in [0, 0.1) is 0 Å². The number of halogens is 1. The van der Waals surface area contributed by atoms with Gasteiger partial charge in [-0.15, -0.1) is 12.4 Å². The molecule has 1 aromatic heterocycles. The molecule has 1 aliphatic heterocycles. The van der Waals surface area contributed by atoms with Gasteiger partial charge in [0, 0.05) is 18.3 Å². The fourth-order valence-electron chi connectivity index (χ4n) is 2.88. The Bertz CT molecular complexity index is 550. The van der Waals surface area contributed by atoms with Crippen molar-refractivity contribution in [3.05, 3.63) is 33.2 Å². The number of H-pyrrole nitrogens is 1. The molecule has 2 aliphatic rings. The Kier molecular flexibility index (Phi) is 4.83. The summed E-state index contributed by atoms with van der Waals surface area (Å²) in [5.74, 6) is -0.247. The van der Waals surface area contributed by atoms with E-state index in [1.807, 2.05) is 0 Å². The second kappa shape index (κ2) is 6.41. The highest BCUT2D eigenvalue weighted by Gasteiger charge is 2.21. The summed E-state index contributed by atoms with van der Waals surface area (Å²) in [4.78, 5) is 27.0. The fraction of sp³-hybridized carbons (Fsp3) is 0.571. The number of rotatable bonds is 2. The average Bonchev–Trinajstić information content (AvgIpc) is 2.90. The van der Waals surface area contributed by atoms with Gasteiger partial charge in [-0.1, -0.05) is 0 Å². The molecule has 6 heteroatoms. The van der Waals surface area contributed by atoms with Crippen LogP contribution < -0.4 is 16.2 Å². The van der Waals surface area contributed by atoms with Crippen LogP contribution in [0.3, 0.4) is 0 Å². The Morgan fingerprint density at radius 1 is 1.30 bits per heavy atom. The third-order valence-electron chi connectivity index (χ3n) is 3.98. The molecular weight excluding hydrogens is 278 g/mol. The molecule has 0 spiro atoms. The zero-order chi connectivity index (χ0) is 13.2. The first-order valence-corrected chi connectivity index (χ1v) is 7.00.